The molecule has 0 spiro atoms. The number of carboxylic acids is 1. The van der Waals surface area contributed by atoms with E-state index in [0.29, 0.717) is 0 Å². The lowest BCUT2D eigenvalue weighted by atomic mass is 10.3. The third-order valence-electron chi connectivity index (χ3n) is 0.810. The van der Waals surface area contributed by atoms with E-state index in [4.69, 9.17) is 5.11 Å². The number of carbonyl (C=O) groups excluding carboxylic acids is 1. The molecule has 0 aliphatic rings. The van der Waals surface area contributed by atoms with E-state index < -0.39 is 11.9 Å². The minimum atomic E-state index is -1.02. The van der Waals surface area contributed by atoms with Crippen molar-refractivity contribution in [3.8, 4) is 12.0 Å². The predicted octanol–water partition coefficient (Wildman–Crippen LogP) is 0.375. The van der Waals surface area contributed by atoms with Crippen LogP contribution >= 0.6 is 0 Å². The molecular formula is C7H8O4. The smallest absolute Gasteiger partial charge is 0.320 e. The average Bonchev–Trinajstić information content (AvgIpc) is 1.97. The summed E-state index contributed by atoms with van der Waals surface area (Å²) < 4.78 is 4.28. The second-order valence-electron chi connectivity index (χ2n) is 1.72. The van der Waals surface area contributed by atoms with Gasteiger partial charge < -0.3 is 9.84 Å². The molecule has 0 heterocycles. The van der Waals surface area contributed by atoms with Gasteiger partial charge in [0.15, 0.2) is 0 Å². The first-order chi connectivity index (χ1) is 5.16. The SMILES string of the molecule is CC#COC(=O)CCC(=O)O. The van der Waals surface area contributed by atoms with E-state index in [1.165, 1.54) is 6.92 Å². The lowest BCUT2D eigenvalue weighted by molar-refractivity contribution is -0.143. The summed E-state index contributed by atoms with van der Waals surface area (Å²) in [5.74, 6) is 0.714. The zero-order valence-corrected chi connectivity index (χ0v) is 6.09. The summed E-state index contributed by atoms with van der Waals surface area (Å²) in [5.41, 5.74) is 0. The maximum Gasteiger partial charge on any atom is 0.320 e. The number of esters is 1. The highest BCUT2D eigenvalue weighted by Gasteiger charge is 2.04. The van der Waals surface area contributed by atoms with Gasteiger partial charge in [0.25, 0.3) is 0 Å². The summed E-state index contributed by atoms with van der Waals surface area (Å²) in [5, 5.41) is 8.14. The van der Waals surface area contributed by atoms with E-state index in [1.54, 1.807) is 0 Å². The minimum absolute atomic E-state index is 0.135. The molecule has 11 heavy (non-hydrogen) atoms. The fourth-order valence-corrected chi connectivity index (χ4v) is 0.368. The van der Waals surface area contributed by atoms with Crippen molar-refractivity contribution < 1.29 is 19.4 Å². The molecule has 1 N–H and O–H groups in total. The van der Waals surface area contributed by atoms with Gasteiger partial charge in [-0.25, -0.2) is 0 Å². The number of ether oxygens (including phenoxy) is 1. The largest absolute Gasteiger partial charge is 0.481 e. The molecule has 0 saturated carbocycles. The maximum absolute atomic E-state index is 10.5. The second-order valence-corrected chi connectivity index (χ2v) is 1.72. The van der Waals surface area contributed by atoms with Crippen molar-refractivity contribution in [1.82, 2.24) is 0 Å². The number of hydrogen-bond donors (Lipinski definition) is 1. The van der Waals surface area contributed by atoms with Gasteiger partial charge in [-0.05, 0) is 0 Å². The van der Waals surface area contributed by atoms with Gasteiger partial charge in [-0.15, -0.1) is 0 Å². The number of aliphatic carboxylic acids is 1. The van der Waals surface area contributed by atoms with Crippen molar-refractivity contribution in [2.75, 3.05) is 0 Å². The molecule has 0 radical (unpaired) electrons. The molecule has 0 bridgehead atoms. The van der Waals surface area contributed by atoms with E-state index in [-0.39, 0.29) is 12.8 Å². The Kier molecular flexibility index (Phi) is 4.58. The Hall–Kier alpha value is -1.50. The molecule has 4 heteroatoms. The van der Waals surface area contributed by atoms with E-state index >= 15 is 0 Å². The van der Waals surface area contributed by atoms with Crippen molar-refractivity contribution in [3.05, 3.63) is 0 Å². The van der Waals surface area contributed by atoms with Crippen LogP contribution < -0.4 is 0 Å². The molecule has 0 fully saturated rings. The van der Waals surface area contributed by atoms with Crippen LogP contribution in [0.1, 0.15) is 19.8 Å². The number of carboxylic acid groups (broad SMARTS) is 1. The first-order valence-electron chi connectivity index (χ1n) is 3.00. The Balaban J connectivity index is 3.51. The molecule has 0 saturated heterocycles. The summed E-state index contributed by atoms with van der Waals surface area (Å²) >= 11 is 0. The fraction of sp³-hybridized carbons (Fsp3) is 0.429. The van der Waals surface area contributed by atoms with Crippen LogP contribution in [0.3, 0.4) is 0 Å². The van der Waals surface area contributed by atoms with E-state index in [2.05, 4.69) is 16.8 Å². The third kappa shape index (κ3) is 6.38. The monoisotopic (exact) mass is 156 g/mol. The standard InChI is InChI=1S/C7H8O4/c1-2-5-11-7(10)4-3-6(8)9/h3-4H2,1H3,(H,8,9). The zero-order valence-electron chi connectivity index (χ0n) is 6.09. The Morgan fingerprint density at radius 1 is 1.45 bits per heavy atom. The minimum Gasteiger partial charge on any atom is -0.481 e. The maximum atomic E-state index is 10.5. The van der Waals surface area contributed by atoms with Crippen LogP contribution in [0.15, 0.2) is 0 Å². The van der Waals surface area contributed by atoms with Crippen LogP contribution in [0.25, 0.3) is 0 Å². The molecule has 60 valence electrons. The molecule has 0 rings (SSSR count). The first-order valence-corrected chi connectivity index (χ1v) is 3.00. The molecule has 0 aromatic rings. The topological polar surface area (TPSA) is 63.6 Å². The van der Waals surface area contributed by atoms with Crippen LogP contribution in [-0.4, -0.2) is 17.0 Å². The number of carbonyl (C=O) groups is 2. The molecule has 0 aliphatic heterocycles. The molecule has 0 unspecified atom stereocenters. The average molecular weight is 156 g/mol. The summed E-state index contributed by atoms with van der Waals surface area (Å²) in [6, 6.07) is 0. The predicted molar refractivity (Wildman–Crippen MR) is 36.4 cm³/mol. The summed E-state index contributed by atoms with van der Waals surface area (Å²) in [4.78, 5) is 20.5. The molecule has 0 amide bonds. The Bertz CT molecular complexity index is 208. The van der Waals surface area contributed by atoms with E-state index in [0.717, 1.165) is 0 Å². The number of rotatable bonds is 3. The highest BCUT2D eigenvalue weighted by molar-refractivity contribution is 5.77. The van der Waals surface area contributed by atoms with Gasteiger partial charge in [0, 0.05) is 6.92 Å². The molecule has 0 aromatic heterocycles. The van der Waals surface area contributed by atoms with Crippen molar-refractivity contribution in [1.29, 1.82) is 0 Å². The zero-order chi connectivity index (χ0) is 8.69. The van der Waals surface area contributed by atoms with Crippen molar-refractivity contribution >= 4 is 11.9 Å². The van der Waals surface area contributed by atoms with Crippen LogP contribution in [0.2, 0.25) is 0 Å². The van der Waals surface area contributed by atoms with Gasteiger partial charge in [0.2, 0.25) is 0 Å². The van der Waals surface area contributed by atoms with Gasteiger partial charge >= 0.3 is 11.9 Å². The second kappa shape index (κ2) is 5.30. The lowest BCUT2D eigenvalue weighted by Crippen LogP contribution is -2.04. The molecule has 4 nitrogen and oxygen atoms in total. The van der Waals surface area contributed by atoms with Gasteiger partial charge in [-0.3, -0.25) is 9.59 Å². The molecular weight excluding hydrogens is 148 g/mol. The van der Waals surface area contributed by atoms with Crippen molar-refractivity contribution in [2.24, 2.45) is 0 Å². The Labute approximate surface area is 64.2 Å². The van der Waals surface area contributed by atoms with Crippen LogP contribution in [0, 0.1) is 12.0 Å². The van der Waals surface area contributed by atoms with Gasteiger partial charge in [0.1, 0.15) is 6.11 Å². The lowest BCUT2D eigenvalue weighted by Gasteiger charge is -1.91. The molecule has 0 aliphatic carbocycles. The highest BCUT2D eigenvalue weighted by atomic mass is 16.5. The van der Waals surface area contributed by atoms with Crippen molar-refractivity contribution in [3.63, 3.8) is 0 Å². The van der Waals surface area contributed by atoms with Crippen LogP contribution in [-0.2, 0) is 14.3 Å². The third-order valence-corrected chi connectivity index (χ3v) is 0.810. The van der Waals surface area contributed by atoms with Gasteiger partial charge in [-0.1, -0.05) is 5.92 Å². The highest BCUT2D eigenvalue weighted by Crippen LogP contribution is 1.91. The van der Waals surface area contributed by atoms with Crippen LogP contribution in [0.4, 0.5) is 0 Å². The summed E-state index contributed by atoms with van der Waals surface area (Å²) in [6.45, 7) is 1.52. The molecule has 0 aromatic carbocycles. The first kappa shape index (κ1) is 9.50. The Morgan fingerprint density at radius 3 is 2.55 bits per heavy atom. The Morgan fingerprint density at radius 2 is 2.09 bits per heavy atom. The quantitative estimate of drug-likeness (QED) is 0.473. The van der Waals surface area contributed by atoms with Crippen LogP contribution in [0.5, 0.6) is 0 Å². The van der Waals surface area contributed by atoms with Crippen molar-refractivity contribution in [2.45, 2.75) is 19.8 Å². The summed E-state index contributed by atoms with van der Waals surface area (Å²) in [7, 11) is 0. The fourth-order valence-electron chi connectivity index (χ4n) is 0.368. The van der Waals surface area contributed by atoms with E-state index in [1.807, 2.05) is 0 Å². The summed E-state index contributed by atoms with van der Waals surface area (Å²) in [6.07, 6.45) is 1.73. The van der Waals surface area contributed by atoms with E-state index in [9.17, 15) is 9.59 Å². The number of hydrogen-bond acceptors (Lipinski definition) is 3. The normalized spacial score (nSPS) is 7.73. The van der Waals surface area contributed by atoms with Gasteiger partial charge in [0.05, 0.1) is 12.8 Å². The molecule has 0 atom stereocenters. The van der Waals surface area contributed by atoms with Gasteiger partial charge in [-0.2, -0.15) is 0 Å².